The number of carbonyl (C=O) groups excluding carboxylic acids is 1. The van der Waals surface area contributed by atoms with Crippen LogP contribution in [0.2, 0.25) is 0 Å². The summed E-state index contributed by atoms with van der Waals surface area (Å²) in [7, 11) is 1.59. The maximum Gasteiger partial charge on any atom is 0.255 e. The Kier molecular flexibility index (Phi) is 5.31. The summed E-state index contributed by atoms with van der Waals surface area (Å²) < 4.78 is 10.3. The second kappa shape index (κ2) is 7.82. The van der Waals surface area contributed by atoms with Crippen LogP contribution < -0.4 is 10.1 Å². The summed E-state index contributed by atoms with van der Waals surface area (Å²) >= 11 is 0. The van der Waals surface area contributed by atoms with Crippen LogP contribution in [-0.2, 0) is 6.42 Å². The Morgan fingerprint density at radius 1 is 1.12 bits per heavy atom. The second-order valence-corrected chi connectivity index (χ2v) is 6.26. The molecule has 0 atom stereocenters. The molecule has 134 valence electrons. The van der Waals surface area contributed by atoms with E-state index in [0.29, 0.717) is 29.4 Å². The Balaban J connectivity index is 1.62. The number of rotatable bonds is 6. The highest BCUT2D eigenvalue weighted by molar-refractivity contribution is 6.04. The molecule has 0 unspecified atom stereocenters. The predicted octanol–water partition coefficient (Wildman–Crippen LogP) is 4.04. The van der Waals surface area contributed by atoms with E-state index in [1.165, 1.54) is 0 Å². The molecule has 6 heteroatoms. The second-order valence-electron chi connectivity index (χ2n) is 6.26. The number of methoxy groups -OCH3 is 1. The van der Waals surface area contributed by atoms with E-state index in [0.717, 1.165) is 11.3 Å². The largest absolute Gasteiger partial charge is 0.497 e. The van der Waals surface area contributed by atoms with Gasteiger partial charge in [-0.25, -0.2) is 0 Å². The molecule has 0 fully saturated rings. The first-order chi connectivity index (χ1) is 12.5. The topological polar surface area (TPSA) is 77.2 Å². The van der Waals surface area contributed by atoms with Crippen molar-refractivity contribution in [3.63, 3.8) is 0 Å². The number of aromatic nitrogens is 2. The number of ether oxygens (including phenoxy) is 1. The number of anilines is 1. The molecule has 2 aromatic carbocycles. The van der Waals surface area contributed by atoms with E-state index in [4.69, 9.17) is 9.26 Å². The Bertz CT molecular complexity index is 868. The van der Waals surface area contributed by atoms with Crippen molar-refractivity contribution in [2.75, 3.05) is 12.4 Å². The quantitative estimate of drug-likeness (QED) is 0.725. The standard InChI is InChI=1S/C20H21N3O3/c1-13(2)20-22-18(23-26-20)12-14-4-8-16(9-5-14)21-19(24)15-6-10-17(25-3)11-7-15/h4-11,13H,12H2,1-3H3,(H,21,24). The van der Waals surface area contributed by atoms with Gasteiger partial charge < -0.3 is 14.6 Å². The minimum Gasteiger partial charge on any atom is -0.497 e. The first kappa shape index (κ1) is 17.7. The summed E-state index contributed by atoms with van der Waals surface area (Å²) in [4.78, 5) is 16.6. The van der Waals surface area contributed by atoms with Crippen molar-refractivity contribution in [3.8, 4) is 5.75 Å². The zero-order chi connectivity index (χ0) is 18.5. The molecule has 0 aliphatic rings. The first-order valence-corrected chi connectivity index (χ1v) is 8.42. The van der Waals surface area contributed by atoms with E-state index in [9.17, 15) is 4.79 Å². The highest BCUT2D eigenvalue weighted by atomic mass is 16.5. The maximum absolute atomic E-state index is 12.3. The molecule has 3 rings (SSSR count). The number of nitrogens with zero attached hydrogens (tertiary/aromatic N) is 2. The third-order valence-electron chi connectivity index (χ3n) is 3.90. The molecule has 0 bridgehead atoms. The molecular weight excluding hydrogens is 330 g/mol. The summed E-state index contributed by atoms with van der Waals surface area (Å²) in [5.41, 5.74) is 2.34. The van der Waals surface area contributed by atoms with Gasteiger partial charge in [0.2, 0.25) is 5.89 Å². The lowest BCUT2D eigenvalue weighted by atomic mass is 10.1. The zero-order valence-corrected chi connectivity index (χ0v) is 15.0. The van der Waals surface area contributed by atoms with Gasteiger partial charge in [0.1, 0.15) is 5.75 Å². The minimum absolute atomic E-state index is 0.167. The third-order valence-corrected chi connectivity index (χ3v) is 3.90. The van der Waals surface area contributed by atoms with Crippen LogP contribution in [0.4, 0.5) is 5.69 Å². The van der Waals surface area contributed by atoms with Gasteiger partial charge in [-0.1, -0.05) is 31.1 Å². The molecule has 3 aromatic rings. The van der Waals surface area contributed by atoms with Crippen LogP contribution in [0, 0.1) is 0 Å². The van der Waals surface area contributed by atoms with Crippen molar-refractivity contribution in [1.29, 1.82) is 0 Å². The van der Waals surface area contributed by atoms with Gasteiger partial charge in [0, 0.05) is 23.6 Å². The zero-order valence-electron chi connectivity index (χ0n) is 15.0. The lowest BCUT2D eigenvalue weighted by Gasteiger charge is -2.07. The molecule has 0 aliphatic carbocycles. The van der Waals surface area contributed by atoms with Gasteiger partial charge in [-0.05, 0) is 42.0 Å². The van der Waals surface area contributed by atoms with Gasteiger partial charge in [-0.2, -0.15) is 4.98 Å². The number of hydrogen-bond donors (Lipinski definition) is 1. The van der Waals surface area contributed by atoms with Gasteiger partial charge >= 0.3 is 0 Å². The third kappa shape index (κ3) is 4.27. The smallest absolute Gasteiger partial charge is 0.255 e. The SMILES string of the molecule is COc1ccc(C(=O)Nc2ccc(Cc3noc(C(C)C)n3)cc2)cc1. The van der Waals surface area contributed by atoms with Crippen LogP contribution in [0.5, 0.6) is 5.75 Å². The molecule has 0 spiro atoms. The van der Waals surface area contributed by atoms with E-state index in [2.05, 4.69) is 15.5 Å². The molecule has 1 heterocycles. The summed E-state index contributed by atoms with van der Waals surface area (Å²) in [5.74, 6) is 2.06. The Morgan fingerprint density at radius 2 is 1.81 bits per heavy atom. The Morgan fingerprint density at radius 3 is 2.38 bits per heavy atom. The average molecular weight is 351 g/mol. The fraction of sp³-hybridized carbons (Fsp3) is 0.250. The highest BCUT2D eigenvalue weighted by Gasteiger charge is 2.11. The van der Waals surface area contributed by atoms with Crippen molar-refractivity contribution in [1.82, 2.24) is 10.1 Å². The summed E-state index contributed by atoms with van der Waals surface area (Å²) in [5, 5.41) is 6.87. The van der Waals surface area contributed by atoms with Crippen molar-refractivity contribution < 1.29 is 14.1 Å². The lowest BCUT2D eigenvalue weighted by Crippen LogP contribution is -2.11. The van der Waals surface area contributed by atoms with Crippen LogP contribution >= 0.6 is 0 Å². The lowest BCUT2D eigenvalue weighted by molar-refractivity contribution is 0.102. The fourth-order valence-corrected chi connectivity index (χ4v) is 2.41. The Hall–Kier alpha value is -3.15. The molecule has 0 aliphatic heterocycles. The Labute approximate surface area is 152 Å². The molecule has 1 N–H and O–H groups in total. The fourth-order valence-electron chi connectivity index (χ4n) is 2.41. The number of hydrogen-bond acceptors (Lipinski definition) is 5. The van der Waals surface area contributed by atoms with Crippen molar-refractivity contribution in [2.24, 2.45) is 0 Å². The summed E-state index contributed by atoms with van der Waals surface area (Å²) in [6, 6.07) is 14.6. The summed E-state index contributed by atoms with van der Waals surface area (Å²) in [6.07, 6.45) is 0.586. The predicted molar refractivity (Wildman–Crippen MR) is 98.6 cm³/mol. The van der Waals surface area contributed by atoms with E-state index in [1.807, 2.05) is 38.1 Å². The van der Waals surface area contributed by atoms with Gasteiger partial charge in [0.05, 0.1) is 7.11 Å². The normalized spacial score (nSPS) is 10.8. The van der Waals surface area contributed by atoms with Gasteiger partial charge in [0.15, 0.2) is 5.82 Å². The van der Waals surface area contributed by atoms with Crippen LogP contribution in [0.25, 0.3) is 0 Å². The minimum atomic E-state index is -0.167. The van der Waals surface area contributed by atoms with Crippen LogP contribution in [-0.4, -0.2) is 23.2 Å². The molecule has 26 heavy (non-hydrogen) atoms. The maximum atomic E-state index is 12.3. The number of carbonyl (C=O) groups is 1. The van der Waals surface area contributed by atoms with Crippen LogP contribution in [0.15, 0.2) is 53.1 Å². The van der Waals surface area contributed by atoms with Crippen LogP contribution in [0.1, 0.15) is 47.4 Å². The molecule has 6 nitrogen and oxygen atoms in total. The molecular formula is C20H21N3O3. The van der Waals surface area contributed by atoms with E-state index < -0.39 is 0 Å². The molecule has 1 aromatic heterocycles. The summed E-state index contributed by atoms with van der Waals surface area (Å²) in [6.45, 7) is 4.02. The average Bonchev–Trinajstić information content (AvgIpc) is 3.12. The van der Waals surface area contributed by atoms with Gasteiger partial charge in [-0.3, -0.25) is 4.79 Å². The number of nitrogens with one attached hydrogen (secondary N) is 1. The molecule has 0 saturated heterocycles. The first-order valence-electron chi connectivity index (χ1n) is 8.42. The molecule has 1 amide bonds. The van der Waals surface area contributed by atoms with Crippen LogP contribution in [0.3, 0.4) is 0 Å². The number of amides is 1. The van der Waals surface area contributed by atoms with E-state index in [1.54, 1.807) is 31.4 Å². The van der Waals surface area contributed by atoms with Crippen molar-refractivity contribution in [3.05, 3.63) is 71.4 Å². The van der Waals surface area contributed by atoms with Crippen molar-refractivity contribution in [2.45, 2.75) is 26.2 Å². The van der Waals surface area contributed by atoms with Crippen molar-refractivity contribution >= 4 is 11.6 Å². The van der Waals surface area contributed by atoms with E-state index in [-0.39, 0.29) is 11.8 Å². The van der Waals surface area contributed by atoms with Gasteiger partial charge in [-0.15, -0.1) is 0 Å². The number of benzene rings is 2. The highest BCUT2D eigenvalue weighted by Crippen LogP contribution is 2.17. The molecule has 0 saturated carbocycles. The van der Waals surface area contributed by atoms with E-state index >= 15 is 0 Å². The monoisotopic (exact) mass is 351 g/mol. The molecule has 0 radical (unpaired) electrons. The van der Waals surface area contributed by atoms with Gasteiger partial charge in [0.25, 0.3) is 5.91 Å².